The molecule has 1 N–H and O–H groups in total. The van der Waals surface area contributed by atoms with Crippen molar-refractivity contribution in [3.63, 3.8) is 0 Å². The summed E-state index contributed by atoms with van der Waals surface area (Å²) in [5.74, 6) is -0.312. The number of thioether (sulfide) groups is 1. The van der Waals surface area contributed by atoms with Gasteiger partial charge in [0.1, 0.15) is 0 Å². The molecule has 32 heavy (non-hydrogen) atoms. The van der Waals surface area contributed by atoms with E-state index in [-0.39, 0.29) is 28.4 Å². The molecule has 2 aliphatic heterocycles. The molecule has 0 unspecified atom stereocenters. The fourth-order valence-corrected chi connectivity index (χ4v) is 6.19. The van der Waals surface area contributed by atoms with Gasteiger partial charge in [-0.3, -0.25) is 9.59 Å². The molecule has 2 heterocycles. The zero-order chi connectivity index (χ0) is 22.9. The molecule has 168 valence electrons. The van der Waals surface area contributed by atoms with Crippen molar-refractivity contribution >= 4 is 44.7 Å². The van der Waals surface area contributed by atoms with E-state index in [1.54, 1.807) is 30.9 Å². The Kier molecular flexibility index (Phi) is 6.44. The van der Waals surface area contributed by atoms with Crippen molar-refractivity contribution in [1.29, 1.82) is 0 Å². The molecule has 0 bridgehead atoms. The number of nitrogens with one attached hydrogen (secondary N) is 1. The van der Waals surface area contributed by atoms with Gasteiger partial charge < -0.3 is 10.2 Å². The molecule has 0 saturated carbocycles. The number of rotatable bonds is 5. The molecule has 0 fully saturated rings. The standard InChI is InChI=1S/C24H26N2O4S2/c1-16(14-23(27)26-12-10-19(11-13-26)18-6-4-3-5-7-18)32(29,30)20-8-9-22-21(15-20)25-24(28)17(2)31-22/h3-10,15-17H,11-14H2,1-2H3,(H,25,28)/t16-,17-/m1/s1. The maximum absolute atomic E-state index is 13.1. The SMILES string of the molecule is C[C@H](CC(=O)N1CC=C(c2ccccc2)CC1)S(=O)(=O)c1ccc2c(c1)NC(=O)[C@@H](C)S2. The van der Waals surface area contributed by atoms with Crippen molar-refractivity contribution in [2.45, 2.75) is 47.0 Å². The first-order chi connectivity index (χ1) is 15.3. The fourth-order valence-electron chi connectivity index (χ4n) is 3.89. The van der Waals surface area contributed by atoms with Crippen LogP contribution in [0.3, 0.4) is 0 Å². The molecule has 2 aliphatic rings. The van der Waals surface area contributed by atoms with Crippen LogP contribution in [0.2, 0.25) is 0 Å². The molecular formula is C24H26N2O4S2. The monoisotopic (exact) mass is 470 g/mol. The largest absolute Gasteiger partial charge is 0.339 e. The highest BCUT2D eigenvalue weighted by Crippen LogP contribution is 2.37. The molecule has 4 rings (SSSR count). The van der Waals surface area contributed by atoms with Crippen LogP contribution in [0.4, 0.5) is 5.69 Å². The number of sulfone groups is 1. The number of fused-ring (bicyclic) bond motifs is 1. The lowest BCUT2D eigenvalue weighted by Crippen LogP contribution is -2.37. The van der Waals surface area contributed by atoms with Crippen molar-refractivity contribution in [3.8, 4) is 0 Å². The van der Waals surface area contributed by atoms with Crippen molar-refractivity contribution < 1.29 is 18.0 Å². The van der Waals surface area contributed by atoms with E-state index in [0.29, 0.717) is 18.8 Å². The van der Waals surface area contributed by atoms with Gasteiger partial charge >= 0.3 is 0 Å². The predicted molar refractivity (Wildman–Crippen MR) is 127 cm³/mol. The van der Waals surface area contributed by atoms with Crippen LogP contribution in [0.1, 0.15) is 32.3 Å². The number of carbonyl (C=O) groups is 2. The Labute approximate surface area is 193 Å². The second kappa shape index (κ2) is 9.11. The summed E-state index contributed by atoms with van der Waals surface area (Å²) in [6.45, 7) is 4.43. The first kappa shape index (κ1) is 22.6. The highest BCUT2D eigenvalue weighted by atomic mass is 32.2. The van der Waals surface area contributed by atoms with Gasteiger partial charge in [-0.05, 0) is 49.6 Å². The molecular weight excluding hydrogens is 444 g/mol. The van der Waals surface area contributed by atoms with E-state index < -0.39 is 15.1 Å². The van der Waals surface area contributed by atoms with Crippen molar-refractivity contribution in [1.82, 2.24) is 4.90 Å². The van der Waals surface area contributed by atoms with E-state index in [0.717, 1.165) is 16.9 Å². The van der Waals surface area contributed by atoms with E-state index in [9.17, 15) is 18.0 Å². The highest BCUT2D eigenvalue weighted by molar-refractivity contribution is 8.01. The van der Waals surface area contributed by atoms with Crippen LogP contribution in [0.15, 0.2) is 64.4 Å². The third kappa shape index (κ3) is 4.61. The molecule has 0 aromatic heterocycles. The van der Waals surface area contributed by atoms with E-state index in [4.69, 9.17) is 0 Å². The van der Waals surface area contributed by atoms with Crippen molar-refractivity contribution in [2.24, 2.45) is 0 Å². The highest BCUT2D eigenvalue weighted by Gasteiger charge is 2.30. The summed E-state index contributed by atoms with van der Waals surface area (Å²) in [4.78, 5) is 27.4. The van der Waals surface area contributed by atoms with Crippen LogP contribution in [0.25, 0.3) is 5.57 Å². The lowest BCUT2D eigenvalue weighted by molar-refractivity contribution is -0.130. The molecule has 6 nitrogen and oxygen atoms in total. The number of hydrogen-bond donors (Lipinski definition) is 1. The molecule has 2 aromatic carbocycles. The number of hydrogen-bond acceptors (Lipinski definition) is 5. The summed E-state index contributed by atoms with van der Waals surface area (Å²) < 4.78 is 26.2. The summed E-state index contributed by atoms with van der Waals surface area (Å²) in [6.07, 6.45) is 2.71. The summed E-state index contributed by atoms with van der Waals surface area (Å²) >= 11 is 1.40. The Morgan fingerprint density at radius 2 is 1.97 bits per heavy atom. The number of anilines is 1. The number of carbonyl (C=O) groups excluding carboxylic acids is 2. The molecule has 8 heteroatoms. The van der Waals surface area contributed by atoms with E-state index >= 15 is 0 Å². The lowest BCUT2D eigenvalue weighted by Gasteiger charge is -2.28. The third-order valence-corrected chi connectivity index (χ3v) is 9.22. The molecule has 0 spiro atoms. The Morgan fingerprint density at radius 3 is 2.66 bits per heavy atom. The Bertz CT molecular complexity index is 1180. The summed E-state index contributed by atoms with van der Waals surface area (Å²) in [7, 11) is -3.71. The number of nitrogens with zero attached hydrogens (tertiary/aromatic N) is 1. The van der Waals surface area contributed by atoms with E-state index in [1.165, 1.54) is 23.4 Å². The van der Waals surface area contributed by atoms with Crippen LogP contribution in [0, 0.1) is 0 Å². The van der Waals surface area contributed by atoms with Gasteiger partial charge in [-0.2, -0.15) is 0 Å². The second-order valence-corrected chi connectivity index (χ2v) is 11.9. The Hall–Kier alpha value is -2.58. The second-order valence-electron chi connectivity index (χ2n) is 8.15. The zero-order valence-corrected chi connectivity index (χ0v) is 19.7. The average Bonchev–Trinajstić information content (AvgIpc) is 2.80. The topological polar surface area (TPSA) is 83.6 Å². The normalized spacial score (nSPS) is 19.6. The van der Waals surface area contributed by atoms with Crippen molar-refractivity contribution in [2.75, 3.05) is 18.4 Å². The van der Waals surface area contributed by atoms with Gasteiger partial charge in [0.2, 0.25) is 11.8 Å². The zero-order valence-electron chi connectivity index (χ0n) is 18.1. The van der Waals surface area contributed by atoms with Crippen LogP contribution in [-0.2, 0) is 19.4 Å². The number of amides is 2. The first-order valence-corrected chi connectivity index (χ1v) is 13.1. The van der Waals surface area contributed by atoms with Gasteiger partial charge in [-0.15, -0.1) is 11.8 Å². The van der Waals surface area contributed by atoms with Gasteiger partial charge in [0.15, 0.2) is 9.84 Å². The summed E-state index contributed by atoms with van der Waals surface area (Å²) in [5.41, 5.74) is 2.87. The van der Waals surface area contributed by atoms with E-state index in [1.807, 2.05) is 24.3 Å². The smallest absolute Gasteiger partial charge is 0.237 e. The fraction of sp³-hybridized carbons (Fsp3) is 0.333. The molecule has 0 saturated heterocycles. The van der Waals surface area contributed by atoms with Crippen molar-refractivity contribution in [3.05, 3.63) is 60.2 Å². The molecule has 0 aliphatic carbocycles. The van der Waals surface area contributed by atoms with Gasteiger partial charge in [0.05, 0.1) is 21.1 Å². The van der Waals surface area contributed by atoms with E-state index in [2.05, 4.69) is 17.4 Å². The van der Waals surface area contributed by atoms with Crippen LogP contribution < -0.4 is 5.32 Å². The Balaban J connectivity index is 1.43. The maximum atomic E-state index is 13.1. The molecule has 2 amide bonds. The minimum absolute atomic E-state index is 0.0773. The quantitative estimate of drug-likeness (QED) is 0.715. The first-order valence-electron chi connectivity index (χ1n) is 10.6. The van der Waals surface area contributed by atoms with Gasteiger partial charge in [0.25, 0.3) is 0 Å². The number of benzene rings is 2. The minimum atomic E-state index is -3.71. The predicted octanol–water partition coefficient (Wildman–Crippen LogP) is 3.99. The maximum Gasteiger partial charge on any atom is 0.237 e. The van der Waals surface area contributed by atoms with Crippen LogP contribution >= 0.6 is 11.8 Å². The van der Waals surface area contributed by atoms with Gasteiger partial charge in [0, 0.05) is 24.4 Å². The molecule has 0 radical (unpaired) electrons. The molecule has 2 aromatic rings. The Morgan fingerprint density at radius 1 is 1.22 bits per heavy atom. The average molecular weight is 471 g/mol. The van der Waals surface area contributed by atoms with Crippen LogP contribution in [0.5, 0.6) is 0 Å². The summed E-state index contributed by atoms with van der Waals surface area (Å²) in [6, 6.07) is 14.8. The van der Waals surface area contributed by atoms with Gasteiger partial charge in [-0.1, -0.05) is 36.4 Å². The minimum Gasteiger partial charge on any atom is -0.339 e. The third-order valence-electron chi connectivity index (χ3n) is 5.91. The van der Waals surface area contributed by atoms with Crippen LogP contribution in [-0.4, -0.2) is 48.7 Å². The molecule has 2 atom stereocenters. The lowest BCUT2D eigenvalue weighted by atomic mass is 9.99. The van der Waals surface area contributed by atoms with Gasteiger partial charge in [-0.25, -0.2) is 8.42 Å². The summed E-state index contributed by atoms with van der Waals surface area (Å²) in [5, 5.41) is 1.68.